The number of fused-ring (bicyclic) bond motifs is 1. The van der Waals surface area contributed by atoms with Crippen molar-refractivity contribution < 1.29 is 18.9 Å². The molecule has 0 bridgehead atoms. The highest BCUT2D eigenvalue weighted by molar-refractivity contribution is 6.34. The third-order valence-corrected chi connectivity index (χ3v) is 6.42. The van der Waals surface area contributed by atoms with Crippen molar-refractivity contribution in [3.8, 4) is 22.8 Å². The van der Waals surface area contributed by atoms with Crippen LogP contribution in [0.3, 0.4) is 0 Å². The molecule has 5 rings (SSSR count). The second-order valence-electron chi connectivity index (χ2n) is 8.95. The fraction of sp³-hybridized carbons (Fsp3) is 0.182. The first-order valence-electron chi connectivity index (χ1n) is 12.9. The van der Waals surface area contributed by atoms with E-state index in [1.807, 2.05) is 109 Å². The van der Waals surface area contributed by atoms with E-state index in [9.17, 15) is 0 Å². The second kappa shape index (κ2) is 13.8. The maximum absolute atomic E-state index is 6.50. The molecule has 0 aliphatic carbocycles. The van der Waals surface area contributed by atoms with Gasteiger partial charge in [-0.15, -0.1) is 0 Å². The van der Waals surface area contributed by atoms with Gasteiger partial charge in [-0.25, -0.2) is 4.98 Å². The minimum Gasteiger partial charge on any atom is -0.487 e. The molecule has 0 N–H and O–H groups in total. The van der Waals surface area contributed by atoms with Crippen molar-refractivity contribution in [2.24, 2.45) is 0 Å². The first-order valence-corrected chi connectivity index (χ1v) is 13.3. The Morgan fingerprint density at radius 3 is 1.82 bits per heavy atom. The van der Waals surface area contributed by atoms with Gasteiger partial charge in [-0.3, -0.25) is 0 Å². The van der Waals surface area contributed by atoms with Gasteiger partial charge in [-0.2, -0.15) is 0 Å². The first-order chi connectivity index (χ1) is 19.3. The fourth-order valence-electron chi connectivity index (χ4n) is 4.15. The molecule has 0 aliphatic heterocycles. The highest BCUT2D eigenvalue weighted by atomic mass is 35.5. The summed E-state index contributed by atoms with van der Waals surface area (Å²) in [5, 5.41) is 2.42. The van der Waals surface area contributed by atoms with Gasteiger partial charge in [-0.1, -0.05) is 96.5 Å². The number of ether oxygens (including phenoxy) is 4. The van der Waals surface area contributed by atoms with Crippen LogP contribution in [0.1, 0.15) is 11.1 Å². The molecule has 0 radical (unpaired) electrons. The number of hydrogen-bond donors (Lipinski definition) is 0. The lowest BCUT2D eigenvalue weighted by molar-refractivity contribution is 0.0806. The van der Waals surface area contributed by atoms with Crippen LogP contribution in [-0.4, -0.2) is 31.4 Å². The van der Waals surface area contributed by atoms with Crippen LogP contribution in [-0.2, 0) is 22.7 Å². The van der Waals surface area contributed by atoms with Gasteiger partial charge in [0.05, 0.1) is 32.1 Å². The summed E-state index contributed by atoms with van der Waals surface area (Å²) in [6.45, 7) is 2.75. The summed E-state index contributed by atoms with van der Waals surface area (Å²) >= 11 is 6.50. The molecule has 198 valence electrons. The van der Waals surface area contributed by atoms with Crippen LogP contribution >= 0.6 is 11.6 Å². The lowest BCUT2D eigenvalue weighted by atomic mass is 10.1. The standard InChI is InChI=1S/C33H30ClNO4/c34-33-29-14-8-7-13-27(29)21-30(35-33)28-15-16-31(38-19-17-36-23-25-9-3-1-4-10-25)32(22-28)39-20-18-37-24-26-11-5-2-6-12-26/h1-16,21-22H,17-20,23-24H2. The maximum Gasteiger partial charge on any atom is 0.161 e. The van der Waals surface area contributed by atoms with Gasteiger partial charge in [0.2, 0.25) is 0 Å². The molecule has 0 spiro atoms. The van der Waals surface area contributed by atoms with Crippen molar-refractivity contribution in [1.82, 2.24) is 4.98 Å². The summed E-state index contributed by atoms with van der Waals surface area (Å²) in [7, 11) is 0. The van der Waals surface area contributed by atoms with Crippen molar-refractivity contribution in [1.29, 1.82) is 0 Å². The number of pyridine rings is 1. The normalized spacial score (nSPS) is 11.0. The molecular formula is C33H30ClNO4. The summed E-state index contributed by atoms with van der Waals surface area (Å²) in [5.41, 5.74) is 3.90. The Balaban J connectivity index is 1.25. The number of aromatic nitrogens is 1. The van der Waals surface area contributed by atoms with Crippen LogP contribution < -0.4 is 9.47 Å². The highest BCUT2D eigenvalue weighted by Crippen LogP contribution is 2.34. The molecule has 0 unspecified atom stereocenters. The van der Waals surface area contributed by atoms with Crippen LogP contribution in [0.2, 0.25) is 5.15 Å². The van der Waals surface area contributed by atoms with Crippen LogP contribution in [0, 0.1) is 0 Å². The minimum absolute atomic E-state index is 0.378. The van der Waals surface area contributed by atoms with Crippen LogP contribution in [0.4, 0.5) is 0 Å². The van der Waals surface area contributed by atoms with Gasteiger partial charge >= 0.3 is 0 Å². The lowest BCUT2D eigenvalue weighted by Gasteiger charge is -2.15. The van der Waals surface area contributed by atoms with Crippen LogP contribution in [0.15, 0.2) is 109 Å². The van der Waals surface area contributed by atoms with E-state index in [1.165, 1.54) is 0 Å². The monoisotopic (exact) mass is 539 g/mol. The Hall–Kier alpha value is -3.90. The molecule has 0 amide bonds. The van der Waals surface area contributed by atoms with Gasteiger partial charge in [0.25, 0.3) is 0 Å². The molecule has 0 saturated carbocycles. The number of rotatable bonds is 13. The third kappa shape index (κ3) is 7.58. The number of halogens is 1. The van der Waals surface area contributed by atoms with Crippen LogP contribution in [0.5, 0.6) is 11.5 Å². The van der Waals surface area contributed by atoms with E-state index in [4.69, 9.17) is 30.5 Å². The largest absolute Gasteiger partial charge is 0.487 e. The van der Waals surface area contributed by atoms with Crippen molar-refractivity contribution in [3.63, 3.8) is 0 Å². The average molecular weight is 540 g/mol. The van der Waals surface area contributed by atoms with E-state index in [2.05, 4.69) is 4.98 Å². The predicted molar refractivity (Wildman–Crippen MR) is 155 cm³/mol. The molecule has 0 fully saturated rings. The molecule has 6 heteroatoms. The van der Waals surface area contributed by atoms with Gasteiger partial charge in [0.1, 0.15) is 18.4 Å². The first kappa shape index (κ1) is 26.7. The smallest absolute Gasteiger partial charge is 0.161 e. The molecule has 1 heterocycles. The molecule has 0 saturated heterocycles. The fourth-order valence-corrected chi connectivity index (χ4v) is 4.42. The maximum atomic E-state index is 6.50. The Morgan fingerprint density at radius 1 is 0.564 bits per heavy atom. The summed E-state index contributed by atoms with van der Waals surface area (Å²) in [6, 6.07) is 35.9. The van der Waals surface area contributed by atoms with E-state index in [0.717, 1.165) is 33.2 Å². The average Bonchev–Trinajstić information content (AvgIpc) is 2.98. The van der Waals surface area contributed by atoms with Gasteiger partial charge < -0.3 is 18.9 Å². The molecule has 5 nitrogen and oxygen atoms in total. The number of hydrogen-bond acceptors (Lipinski definition) is 5. The predicted octanol–water partition coefficient (Wildman–Crippen LogP) is 7.75. The van der Waals surface area contributed by atoms with E-state index < -0.39 is 0 Å². The number of benzene rings is 4. The van der Waals surface area contributed by atoms with E-state index in [1.54, 1.807) is 0 Å². The van der Waals surface area contributed by atoms with E-state index >= 15 is 0 Å². The molecule has 0 aliphatic rings. The number of nitrogens with zero attached hydrogens (tertiary/aromatic N) is 1. The summed E-state index contributed by atoms with van der Waals surface area (Å²) in [4.78, 5) is 4.63. The van der Waals surface area contributed by atoms with Gasteiger partial charge in [-0.05, 0) is 40.8 Å². The molecule has 4 aromatic carbocycles. The second-order valence-corrected chi connectivity index (χ2v) is 9.31. The Kier molecular flexibility index (Phi) is 9.42. The van der Waals surface area contributed by atoms with Crippen molar-refractivity contribution in [2.45, 2.75) is 13.2 Å². The van der Waals surface area contributed by atoms with Crippen LogP contribution in [0.25, 0.3) is 22.0 Å². The molecule has 0 atom stereocenters. The summed E-state index contributed by atoms with van der Waals surface area (Å²) in [6.07, 6.45) is 0. The summed E-state index contributed by atoms with van der Waals surface area (Å²) < 4.78 is 23.8. The Morgan fingerprint density at radius 2 is 1.15 bits per heavy atom. The van der Waals surface area contributed by atoms with E-state index in [-0.39, 0.29) is 0 Å². The molecule has 39 heavy (non-hydrogen) atoms. The zero-order chi connectivity index (χ0) is 26.7. The van der Waals surface area contributed by atoms with Gasteiger partial charge in [0.15, 0.2) is 11.5 Å². The zero-order valence-electron chi connectivity index (χ0n) is 21.6. The van der Waals surface area contributed by atoms with Crippen molar-refractivity contribution in [3.05, 3.63) is 125 Å². The van der Waals surface area contributed by atoms with E-state index in [0.29, 0.717) is 56.3 Å². The summed E-state index contributed by atoms with van der Waals surface area (Å²) in [5.74, 6) is 1.25. The Labute approximate surface area is 233 Å². The molecule has 1 aromatic heterocycles. The quantitative estimate of drug-likeness (QED) is 0.113. The molecular weight excluding hydrogens is 510 g/mol. The highest BCUT2D eigenvalue weighted by Gasteiger charge is 2.12. The Bertz CT molecular complexity index is 1480. The topological polar surface area (TPSA) is 49.8 Å². The lowest BCUT2D eigenvalue weighted by Crippen LogP contribution is -2.10. The van der Waals surface area contributed by atoms with Crippen molar-refractivity contribution >= 4 is 22.4 Å². The van der Waals surface area contributed by atoms with Crippen molar-refractivity contribution in [2.75, 3.05) is 26.4 Å². The third-order valence-electron chi connectivity index (χ3n) is 6.13. The SMILES string of the molecule is Clc1nc(-c2ccc(OCCOCc3ccccc3)c(OCCOCc3ccccc3)c2)cc2ccccc12. The minimum atomic E-state index is 0.378. The molecule has 5 aromatic rings. The zero-order valence-corrected chi connectivity index (χ0v) is 22.3. The van der Waals surface area contributed by atoms with Gasteiger partial charge in [0, 0.05) is 10.9 Å².